The van der Waals surface area contributed by atoms with Gasteiger partial charge < -0.3 is 4.90 Å². The number of rotatable bonds is 4. The highest BCUT2D eigenvalue weighted by Crippen LogP contribution is 2.29. The van der Waals surface area contributed by atoms with Crippen LogP contribution < -0.4 is 4.90 Å². The van der Waals surface area contributed by atoms with Crippen LogP contribution in [0.1, 0.15) is 5.56 Å². The number of aromatic nitrogens is 1. The van der Waals surface area contributed by atoms with Crippen LogP contribution in [0.2, 0.25) is 0 Å². The maximum atomic E-state index is 13.5. The van der Waals surface area contributed by atoms with Gasteiger partial charge in [0.15, 0.2) is 16.8 Å². The van der Waals surface area contributed by atoms with Crippen LogP contribution in [0.25, 0.3) is 11.3 Å². The van der Waals surface area contributed by atoms with Gasteiger partial charge in [0.25, 0.3) is 0 Å². The van der Waals surface area contributed by atoms with E-state index in [-0.39, 0.29) is 0 Å². The highest BCUT2D eigenvalue weighted by atomic mass is 32.2. The van der Waals surface area contributed by atoms with Gasteiger partial charge in [-0.05, 0) is 37.3 Å². The summed E-state index contributed by atoms with van der Waals surface area (Å²) in [6.45, 7) is 3.65. The van der Waals surface area contributed by atoms with Crippen molar-refractivity contribution in [2.75, 3.05) is 31.1 Å². The molecule has 0 amide bonds. The molecule has 1 aliphatic heterocycles. The lowest BCUT2D eigenvalue weighted by atomic mass is 10.2. The molecule has 2 aromatic carbocycles. The van der Waals surface area contributed by atoms with E-state index in [0.29, 0.717) is 42.3 Å². The number of hydrogen-bond donors (Lipinski definition) is 0. The molecular formula is C20H19F2N3O2S2. The Balaban J connectivity index is 1.45. The van der Waals surface area contributed by atoms with Crippen LogP contribution in [0.4, 0.5) is 13.9 Å². The van der Waals surface area contributed by atoms with E-state index in [2.05, 4.69) is 4.98 Å². The number of halogens is 2. The number of nitrogens with zero attached hydrogens (tertiary/aromatic N) is 3. The summed E-state index contributed by atoms with van der Waals surface area (Å²) in [6.07, 6.45) is 0. The second-order valence-corrected chi connectivity index (χ2v) is 9.62. The van der Waals surface area contributed by atoms with E-state index in [0.717, 1.165) is 22.8 Å². The zero-order valence-corrected chi connectivity index (χ0v) is 17.3. The predicted octanol–water partition coefficient (Wildman–Crippen LogP) is 3.91. The highest BCUT2D eigenvalue weighted by Gasteiger charge is 2.29. The fourth-order valence-corrected chi connectivity index (χ4v) is 5.49. The number of aryl methyl sites for hydroxylation is 1. The van der Waals surface area contributed by atoms with E-state index in [9.17, 15) is 17.2 Å². The van der Waals surface area contributed by atoms with Crippen molar-refractivity contribution in [2.45, 2.75) is 11.8 Å². The number of anilines is 1. The molecule has 0 bridgehead atoms. The van der Waals surface area contributed by atoms with Crippen molar-refractivity contribution in [1.29, 1.82) is 0 Å². The molecule has 1 aliphatic rings. The number of thiazole rings is 1. The van der Waals surface area contributed by atoms with Gasteiger partial charge in [-0.2, -0.15) is 4.31 Å². The molecule has 4 rings (SSSR count). The Labute approximate surface area is 172 Å². The first-order valence-corrected chi connectivity index (χ1v) is 11.4. The molecule has 0 spiro atoms. The zero-order chi connectivity index (χ0) is 20.6. The summed E-state index contributed by atoms with van der Waals surface area (Å²) in [5.74, 6) is -1.80. The van der Waals surface area contributed by atoms with E-state index >= 15 is 0 Å². The second kappa shape index (κ2) is 7.81. The van der Waals surface area contributed by atoms with Crippen molar-refractivity contribution in [3.8, 4) is 11.3 Å². The number of benzene rings is 2. The van der Waals surface area contributed by atoms with E-state index in [1.807, 2.05) is 11.8 Å². The Morgan fingerprint density at radius 2 is 1.66 bits per heavy atom. The summed E-state index contributed by atoms with van der Waals surface area (Å²) in [7, 11) is -3.52. The zero-order valence-electron chi connectivity index (χ0n) is 15.7. The quantitative estimate of drug-likeness (QED) is 0.624. The fraction of sp³-hybridized carbons (Fsp3) is 0.250. The summed E-state index contributed by atoms with van der Waals surface area (Å²) < 4.78 is 53.7. The first-order valence-electron chi connectivity index (χ1n) is 9.07. The van der Waals surface area contributed by atoms with E-state index in [1.54, 1.807) is 29.6 Å². The van der Waals surface area contributed by atoms with Crippen LogP contribution in [0.5, 0.6) is 0 Å². The van der Waals surface area contributed by atoms with E-state index < -0.39 is 21.7 Å². The Morgan fingerprint density at radius 3 is 2.31 bits per heavy atom. The summed E-state index contributed by atoms with van der Waals surface area (Å²) in [4.78, 5) is 6.82. The lowest BCUT2D eigenvalue weighted by Gasteiger charge is -2.33. The largest absolute Gasteiger partial charge is 0.345 e. The summed E-state index contributed by atoms with van der Waals surface area (Å²) >= 11 is 1.40. The van der Waals surface area contributed by atoms with Crippen LogP contribution in [-0.4, -0.2) is 43.9 Å². The molecule has 0 saturated carbocycles. The molecule has 2 heterocycles. The van der Waals surface area contributed by atoms with Gasteiger partial charge in [0.2, 0.25) is 10.0 Å². The third-order valence-electron chi connectivity index (χ3n) is 4.88. The van der Waals surface area contributed by atoms with Crippen LogP contribution in [0.15, 0.2) is 52.7 Å². The number of sulfonamides is 1. The minimum atomic E-state index is -3.52. The summed E-state index contributed by atoms with van der Waals surface area (Å²) in [6, 6.07) is 10.5. The third kappa shape index (κ3) is 4.03. The van der Waals surface area contributed by atoms with Gasteiger partial charge >= 0.3 is 0 Å². The molecule has 9 heteroatoms. The lowest BCUT2D eigenvalue weighted by Crippen LogP contribution is -2.48. The molecular weight excluding hydrogens is 416 g/mol. The topological polar surface area (TPSA) is 53.5 Å². The SMILES string of the molecule is Cc1ccc(S(=O)(=O)N2CCN(c3nc(-c4ccc(F)c(F)c4)cs3)CC2)cc1. The van der Waals surface area contributed by atoms with E-state index in [4.69, 9.17) is 0 Å². The van der Waals surface area contributed by atoms with Gasteiger partial charge in [-0.15, -0.1) is 11.3 Å². The molecule has 0 aliphatic carbocycles. The van der Waals surface area contributed by atoms with Gasteiger partial charge in [-0.1, -0.05) is 17.7 Å². The molecule has 3 aromatic rings. The van der Waals surface area contributed by atoms with E-state index in [1.165, 1.54) is 21.7 Å². The van der Waals surface area contributed by atoms with Crippen molar-refractivity contribution in [1.82, 2.24) is 9.29 Å². The Bertz CT molecular complexity index is 1120. The van der Waals surface area contributed by atoms with Gasteiger partial charge in [0.1, 0.15) is 0 Å². The van der Waals surface area contributed by atoms with Gasteiger partial charge in [0.05, 0.1) is 10.6 Å². The monoisotopic (exact) mass is 435 g/mol. The van der Waals surface area contributed by atoms with Crippen molar-refractivity contribution in [2.24, 2.45) is 0 Å². The summed E-state index contributed by atoms with van der Waals surface area (Å²) in [5, 5.41) is 2.52. The molecule has 1 saturated heterocycles. The third-order valence-corrected chi connectivity index (χ3v) is 7.69. The average molecular weight is 436 g/mol. The summed E-state index contributed by atoms with van der Waals surface area (Å²) in [5.41, 5.74) is 2.08. The Morgan fingerprint density at radius 1 is 0.966 bits per heavy atom. The fourth-order valence-electron chi connectivity index (χ4n) is 3.18. The smallest absolute Gasteiger partial charge is 0.243 e. The highest BCUT2D eigenvalue weighted by molar-refractivity contribution is 7.89. The Kier molecular flexibility index (Phi) is 5.37. The van der Waals surface area contributed by atoms with Crippen LogP contribution in [-0.2, 0) is 10.0 Å². The molecule has 0 N–H and O–H groups in total. The standard InChI is InChI=1S/C20H19F2N3O2S2/c1-14-2-5-16(6-3-14)29(26,27)25-10-8-24(9-11-25)20-23-19(13-28-20)15-4-7-17(21)18(22)12-15/h2-7,12-13H,8-11H2,1H3. The minimum Gasteiger partial charge on any atom is -0.345 e. The van der Waals surface area contributed by atoms with Crippen LogP contribution in [0, 0.1) is 18.6 Å². The maximum absolute atomic E-state index is 13.5. The lowest BCUT2D eigenvalue weighted by molar-refractivity contribution is 0.385. The first-order chi connectivity index (χ1) is 13.8. The van der Waals surface area contributed by atoms with Gasteiger partial charge in [0, 0.05) is 37.1 Å². The molecule has 0 radical (unpaired) electrons. The van der Waals surface area contributed by atoms with Crippen molar-refractivity contribution < 1.29 is 17.2 Å². The number of piperazine rings is 1. The molecule has 0 unspecified atom stereocenters. The number of hydrogen-bond acceptors (Lipinski definition) is 5. The van der Waals surface area contributed by atoms with Crippen molar-refractivity contribution >= 4 is 26.5 Å². The minimum absolute atomic E-state index is 0.298. The van der Waals surface area contributed by atoms with Crippen LogP contribution >= 0.6 is 11.3 Å². The Hall–Kier alpha value is -2.36. The molecule has 29 heavy (non-hydrogen) atoms. The molecule has 152 valence electrons. The van der Waals surface area contributed by atoms with Gasteiger partial charge in [-0.25, -0.2) is 22.2 Å². The second-order valence-electron chi connectivity index (χ2n) is 6.85. The van der Waals surface area contributed by atoms with Crippen LogP contribution in [0.3, 0.4) is 0 Å². The normalized spacial score (nSPS) is 15.6. The first kappa shape index (κ1) is 19.9. The average Bonchev–Trinajstić information content (AvgIpc) is 3.21. The van der Waals surface area contributed by atoms with Gasteiger partial charge in [-0.3, -0.25) is 0 Å². The molecule has 5 nitrogen and oxygen atoms in total. The maximum Gasteiger partial charge on any atom is 0.243 e. The molecule has 1 fully saturated rings. The van der Waals surface area contributed by atoms with Crippen molar-refractivity contribution in [3.63, 3.8) is 0 Å². The molecule has 0 atom stereocenters. The molecule has 1 aromatic heterocycles. The predicted molar refractivity (Wildman–Crippen MR) is 110 cm³/mol. The van der Waals surface area contributed by atoms with Crippen molar-refractivity contribution in [3.05, 3.63) is 65.0 Å².